The molecule has 0 saturated heterocycles. The summed E-state index contributed by atoms with van der Waals surface area (Å²) < 4.78 is 1.33. The fraction of sp³-hybridized carbons (Fsp3) is 0.0769. The smallest absolute Gasteiger partial charge is 0.277 e. The minimum Gasteiger partial charge on any atom is -0.320 e. The minimum absolute atomic E-state index is 0.0655. The number of rotatable bonds is 2. The molecule has 3 heterocycles. The molecular weight excluding hydrogens is 313 g/mol. The third-order valence-corrected chi connectivity index (χ3v) is 3.49. The van der Waals surface area contributed by atoms with E-state index >= 15 is 0 Å². The summed E-state index contributed by atoms with van der Waals surface area (Å²) in [6, 6.07) is 5.05. The van der Waals surface area contributed by atoms with Crippen molar-refractivity contribution in [3.63, 3.8) is 0 Å². The highest BCUT2D eigenvalue weighted by atomic mass is 35.5. The Balaban J connectivity index is 2.05. The van der Waals surface area contributed by atoms with Gasteiger partial charge in [0.2, 0.25) is 0 Å². The lowest BCUT2D eigenvalue weighted by Gasteiger charge is -2.05. The number of anilines is 1. The molecule has 0 atom stereocenters. The molecule has 0 saturated carbocycles. The molecule has 0 aromatic carbocycles. The van der Waals surface area contributed by atoms with E-state index in [4.69, 9.17) is 23.2 Å². The molecule has 21 heavy (non-hydrogen) atoms. The van der Waals surface area contributed by atoms with Crippen molar-refractivity contribution in [1.29, 1.82) is 0 Å². The molecule has 0 fully saturated rings. The first-order valence-electron chi connectivity index (χ1n) is 5.99. The summed E-state index contributed by atoms with van der Waals surface area (Å²) in [6.45, 7) is 1.80. The first-order chi connectivity index (χ1) is 10.1. The normalized spacial score (nSPS) is 10.8. The van der Waals surface area contributed by atoms with Crippen LogP contribution in [0.1, 0.15) is 16.1 Å². The van der Waals surface area contributed by atoms with Gasteiger partial charge in [-0.2, -0.15) is 5.10 Å². The predicted octanol–water partition coefficient (Wildman–Crippen LogP) is 2.99. The molecule has 0 aliphatic heterocycles. The molecule has 8 heteroatoms. The summed E-state index contributed by atoms with van der Waals surface area (Å²) in [5, 5.41) is 7.18. The van der Waals surface area contributed by atoms with Crippen LogP contribution in [-0.4, -0.2) is 25.5 Å². The van der Waals surface area contributed by atoms with E-state index in [1.54, 1.807) is 37.5 Å². The lowest BCUT2D eigenvalue weighted by Crippen LogP contribution is -2.16. The molecule has 3 aromatic rings. The number of halogens is 2. The summed E-state index contributed by atoms with van der Waals surface area (Å²) in [5.41, 5.74) is 1.94. The molecule has 0 unspecified atom stereocenters. The lowest BCUT2D eigenvalue weighted by atomic mass is 10.3. The van der Waals surface area contributed by atoms with Gasteiger partial charge in [0.25, 0.3) is 5.91 Å². The Morgan fingerprint density at radius 2 is 1.95 bits per heavy atom. The third-order valence-electron chi connectivity index (χ3n) is 2.85. The molecule has 0 aliphatic rings. The number of nitrogens with zero attached hydrogens (tertiary/aromatic N) is 4. The summed E-state index contributed by atoms with van der Waals surface area (Å²) in [6.07, 6.45) is 3.15. The average Bonchev–Trinajstić information content (AvgIpc) is 2.75. The van der Waals surface area contributed by atoms with Crippen molar-refractivity contribution < 1.29 is 4.79 Å². The second kappa shape index (κ2) is 5.31. The van der Waals surface area contributed by atoms with Crippen LogP contribution in [0.5, 0.6) is 0 Å². The van der Waals surface area contributed by atoms with Crippen LogP contribution in [0.2, 0.25) is 10.3 Å². The van der Waals surface area contributed by atoms with Crippen molar-refractivity contribution in [3.05, 3.63) is 52.2 Å². The molecule has 0 spiro atoms. The SMILES string of the molecule is Cc1cc2nc(Cl)c(C(=O)Nc3ccncc3)n2nc1Cl. The first kappa shape index (κ1) is 13.8. The number of imidazole rings is 1. The van der Waals surface area contributed by atoms with E-state index in [0.717, 1.165) is 5.56 Å². The van der Waals surface area contributed by atoms with Crippen molar-refractivity contribution in [2.24, 2.45) is 0 Å². The zero-order valence-corrected chi connectivity index (χ0v) is 12.4. The van der Waals surface area contributed by atoms with Gasteiger partial charge in [-0.15, -0.1) is 0 Å². The van der Waals surface area contributed by atoms with Gasteiger partial charge in [-0.25, -0.2) is 9.50 Å². The number of amides is 1. The van der Waals surface area contributed by atoms with E-state index in [9.17, 15) is 4.79 Å². The minimum atomic E-state index is -0.425. The predicted molar refractivity (Wildman–Crippen MR) is 79.9 cm³/mol. The van der Waals surface area contributed by atoms with Crippen molar-refractivity contribution >= 4 is 40.4 Å². The summed E-state index contributed by atoms with van der Waals surface area (Å²) in [7, 11) is 0. The van der Waals surface area contributed by atoms with Gasteiger partial charge in [-0.05, 0) is 30.7 Å². The van der Waals surface area contributed by atoms with Crippen LogP contribution in [-0.2, 0) is 0 Å². The summed E-state index contributed by atoms with van der Waals surface area (Å²) >= 11 is 12.0. The van der Waals surface area contributed by atoms with Gasteiger partial charge in [0, 0.05) is 18.1 Å². The number of pyridine rings is 1. The number of carbonyl (C=O) groups excluding carboxylic acids is 1. The second-order valence-electron chi connectivity index (χ2n) is 4.33. The third kappa shape index (κ3) is 2.55. The maximum atomic E-state index is 12.3. The van der Waals surface area contributed by atoms with Crippen molar-refractivity contribution in [2.75, 3.05) is 5.32 Å². The number of hydrogen-bond acceptors (Lipinski definition) is 4. The van der Waals surface area contributed by atoms with Crippen LogP contribution in [0.15, 0.2) is 30.6 Å². The van der Waals surface area contributed by atoms with Crippen molar-refractivity contribution in [2.45, 2.75) is 6.92 Å². The quantitative estimate of drug-likeness (QED) is 0.787. The first-order valence-corrected chi connectivity index (χ1v) is 6.74. The highest BCUT2D eigenvalue weighted by molar-refractivity contribution is 6.33. The number of fused-ring (bicyclic) bond motifs is 1. The Labute approximate surface area is 129 Å². The van der Waals surface area contributed by atoms with Crippen LogP contribution in [0.3, 0.4) is 0 Å². The number of aryl methyl sites for hydroxylation is 1. The Morgan fingerprint density at radius 3 is 2.67 bits per heavy atom. The molecule has 0 bridgehead atoms. The Hall–Kier alpha value is -2.18. The van der Waals surface area contributed by atoms with Crippen LogP contribution < -0.4 is 5.32 Å². The van der Waals surface area contributed by atoms with Gasteiger partial charge in [-0.1, -0.05) is 23.2 Å². The van der Waals surface area contributed by atoms with Crippen LogP contribution >= 0.6 is 23.2 Å². The number of aromatic nitrogens is 4. The molecule has 0 aliphatic carbocycles. The van der Waals surface area contributed by atoms with Gasteiger partial charge in [0.05, 0.1) is 0 Å². The Morgan fingerprint density at radius 1 is 1.24 bits per heavy atom. The molecule has 1 N–H and O–H groups in total. The maximum Gasteiger partial charge on any atom is 0.277 e. The molecule has 1 amide bonds. The molecule has 6 nitrogen and oxygen atoms in total. The molecule has 3 rings (SSSR count). The zero-order valence-electron chi connectivity index (χ0n) is 10.8. The lowest BCUT2D eigenvalue weighted by molar-refractivity contribution is 0.102. The fourth-order valence-electron chi connectivity index (χ4n) is 1.83. The van der Waals surface area contributed by atoms with Crippen molar-refractivity contribution in [3.8, 4) is 0 Å². The van der Waals surface area contributed by atoms with E-state index in [1.807, 2.05) is 0 Å². The molecule has 106 valence electrons. The van der Waals surface area contributed by atoms with Gasteiger partial charge in [0.15, 0.2) is 21.6 Å². The number of hydrogen-bond donors (Lipinski definition) is 1. The molecule has 0 radical (unpaired) electrons. The van der Waals surface area contributed by atoms with E-state index in [1.165, 1.54) is 4.52 Å². The Kier molecular flexibility index (Phi) is 3.48. The van der Waals surface area contributed by atoms with Crippen LogP contribution in [0.25, 0.3) is 5.65 Å². The zero-order chi connectivity index (χ0) is 15.0. The monoisotopic (exact) mass is 321 g/mol. The van der Waals surface area contributed by atoms with Crippen LogP contribution in [0, 0.1) is 6.92 Å². The topological polar surface area (TPSA) is 72.2 Å². The second-order valence-corrected chi connectivity index (χ2v) is 5.05. The molecular formula is C13H9Cl2N5O. The number of nitrogens with one attached hydrogen (secondary N) is 1. The van der Waals surface area contributed by atoms with E-state index in [0.29, 0.717) is 11.3 Å². The standard InChI is InChI=1S/C13H9Cl2N5O/c1-7-6-9-18-12(15)10(20(9)19-11(7)14)13(21)17-8-2-4-16-5-3-8/h2-6H,1H3,(H,16,17,21). The van der Waals surface area contributed by atoms with Gasteiger partial charge < -0.3 is 5.32 Å². The highest BCUT2D eigenvalue weighted by Gasteiger charge is 2.20. The van der Waals surface area contributed by atoms with Gasteiger partial charge >= 0.3 is 0 Å². The summed E-state index contributed by atoms with van der Waals surface area (Å²) in [5.74, 6) is -0.425. The largest absolute Gasteiger partial charge is 0.320 e. The molecule has 3 aromatic heterocycles. The van der Waals surface area contributed by atoms with Gasteiger partial charge in [-0.3, -0.25) is 9.78 Å². The highest BCUT2D eigenvalue weighted by Crippen LogP contribution is 2.21. The van der Waals surface area contributed by atoms with E-state index in [-0.39, 0.29) is 16.0 Å². The van der Waals surface area contributed by atoms with Crippen molar-refractivity contribution in [1.82, 2.24) is 19.6 Å². The summed E-state index contributed by atoms with van der Waals surface area (Å²) in [4.78, 5) is 20.3. The Bertz CT molecular complexity index is 831. The van der Waals surface area contributed by atoms with E-state index < -0.39 is 5.91 Å². The average molecular weight is 322 g/mol. The maximum absolute atomic E-state index is 12.3. The fourth-order valence-corrected chi connectivity index (χ4v) is 2.22. The number of carbonyl (C=O) groups is 1. The van der Waals surface area contributed by atoms with Crippen LogP contribution in [0.4, 0.5) is 5.69 Å². The van der Waals surface area contributed by atoms with Gasteiger partial charge in [0.1, 0.15) is 0 Å². The van der Waals surface area contributed by atoms with E-state index in [2.05, 4.69) is 20.4 Å².